The topological polar surface area (TPSA) is 55.9 Å². The molecule has 2 aromatic rings. The van der Waals surface area contributed by atoms with E-state index in [0.29, 0.717) is 18.7 Å². The molecular weight excluding hydrogens is 436 g/mol. The van der Waals surface area contributed by atoms with Crippen LogP contribution in [-0.4, -0.2) is 78.4 Å². The van der Waals surface area contributed by atoms with Crippen LogP contribution in [0.4, 0.5) is 0 Å². The lowest BCUT2D eigenvalue weighted by molar-refractivity contribution is -0.133. The largest absolute Gasteiger partial charge is 0.339 e. The molecule has 0 unspecified atom stereocenters. The second-order valence-electron chi connectivity index (χ2n) is 10.9. The average Bonchev–Trinajstić information content (AvgIpc) is 2.88. The number of piperazine rings is 1. The van der Waals surface area contributed by atoms with Crippen LogP contribution in [0.25, 0.3) is 0 Å². The summed E-state index contributed by atoms with van der Waals surface area (Å²) < 4.78 is 0. The van der Waals surface area contributed by atoms with Gasteiger partial charge in [-0.05, 0) is 41.5 Å². The van der Waals surface area contributed by atoms with Gasteiger partial charge in [0.15, 0.2) is 0 Å². The summed E-state index contributed by atoms with van der Waals surface area (Å²) in [5.41, 5.74) is 3.21. The number of carbonyl (C=O) groups is 2. The van der Waals surface area contributed by atoms with Gasteiger partial charge in [-0.3, -0.25) is 14.5 Å². The zero-order chi connectivity index (χ0) is 24.8. The van der Waals surface area contributed by atoms with E-state index in [1.165, 1.54) is 11.1 Å². The molecule has 2 amide bonds. The monoisotopic (exact) mass is 476 g/mol. The van der Waals surface area contributed by atoms with Gasteiger partial charge in [-0.2, -0.15) is 0 Å². The highest BCUT2D eigenvalue weighted by Crippen LogP contribution is 2.24. The number of hydrogen-bond acceptors (Lipinski definition) is 4. The number of nitrogens with one attached hydrogen (secondary N) is 1. The van der Waals surface area contributed by atoms with Gasteiger partial charge in [-0.25, -0.2) is 0 Å². The van der Waals surface area contributed by atoms with E-state index in [1.54, 1.807) is 0 Å². The summed E-state index contributed by atoms with van der Waals surface area (Å²) in [4.78, 5) is 33.1. The zero-order valence-corrected chi connectivity index (χ0v) is 21.5. The Balaban J connectivity index is 1.47. The molecule has 0 saturated carbocycles. The van der Waals surface area contributed by atoms with Crippen LogP contribution in [0.2, 0.25) is 0 Å². The van der Waals surface area contributed by atoms with E-state index < -0.39 is 0 Å². The van der Waals surface area contributed by atoms with Crippen molar-refractivity contribution in [1.29, 1.82) is 0 Å². The minimum absolute atomic E-state index is 0.0320. The Morgan fingerprint density at radius 2 is 1.54 bits per heavy atom. The maximum Gasteiger partial charge on any atom is 0.254 e. The Kier molecular flexibility index (Phi) is 8.24. The summed E-state index contributed by atoms with van der Waals surface area (Å²) >= 11 is 0. The van der Waals surface area contributed by atoms with Gasteiger partial charge < -0.3 is 15.1 Å². The molecule has 2 aromatic carbocycles. The minimum Gasteiger partial charge on any atom is -0.339 e. The predicted molar refractivity (Wildman–Crippen MR) is 140 cm³/mol. The van der Waals surface area contributed by atoms with Crippen LogP contribution in [0, 0.1) is 0 Å². The fourth-order valence-corrected chi connectivity index (χ4v) is 5.04. The van der Waals surface area contributed by atoms with Crippen molar-refractivity contribution in [2.24, 2.45) is 0 Å². The summed E-state index contributed by atoms with van der Waals surface area (Å²) in [5, 5.41) is 3.30. The highest BCUT2D eigenvalue weighted by Gasteiger charge is 2.32. The molecule has 2 heterocycles. The van der Waals surface area contributed by atoms with Crippen molar-refractivity contribution in [2.45, 2.75) is 51.6 Å². The Bertz CT molecular complexity index is 970. The standard InChI is InChI=1S/C29H40N4O2/c1-29(2,3)25-11-9-24(10-12-25)28(35)33(22-27(34)32-19-15-30-16-20-32)26-13-17-31(18-14-26)21-23-7-5-4-6-8-23/h4-12,26,30H,13-22H2,1-3H3. The van der Waals surface area contributed by atoms with Crippen molar-refractivity contribution in [1.82, 2.24) is 20.0 Å². The average molecular weight is 477 g/mol. The Morgan fingerprint density at radius 3 is 2.14 bits per heavy atom. The van der Waals surface area contributed by atoms with E-state index >= 15 is 0 Å². The minimum atomic E-state index is -0.0320. The van der Waals surface area contributed by atoms with E-state index in [-0.39, 0.29) is 29.8 Å². The first kappa shape index (κ1) is 25.4. The van der Waals surface area contributed by atoms with E-state index in [2.05, 4.69) is 55.3 Å². The fourth-order valence-electron chi connectivity index (χ4n) is 5.04. The maximum absolute atomic E-state index is 13.7. The molecule has 1 N–H and O–H groups in total. The van der Waals surface area contributed by atoms with Crippen molar-refractivity contribution in [3.05, 3.63) is 71.3 Å². The SMILES string of the molecule is CC(C)(C)c1ccc(C(=O)N(CC(=O)N2CCNCC2)C2CCN(Cc3ccccc3)CC2)cc1. The third-order valence-corrected chi connectivity index (χ3v) is 7.28. The van der Waals surface area contributed by atoms with Crippen LogP contribution in [0.3, 0.4) is 0 Å². The Hall–Kier alpha value is -2.70. The van der Waals surface area contributed by atoms with E-state index in [4.69, 9.17) is 0 Å². The lowest BCUT2D eigenvalue weighted by Crippen LogP contribution is -2.54. The summed E-state index contributed by atoms with van der Waals surface area (Å²) in [7, 11) is 0. The molecule has 6 nitrogen and oxygen atoms in total. The first-order valence-corrected chi connectivity index (χ1v) is 13.0. The fraction of sp³-hybridized carbons (Fsp3) is 0.517. The third kappa shape index (κ3) is 6.71. The molecule has 0 bridgehead atoms. The second kappa shape index (κ2) is 11.4. The van der Waals surface area contributed by atoms with Crippen LogP contribution in [0.1, 0.15) is 55.1 Å². The van der Waals surface area contributed by atoms with Crippen molar-refractivity contribution in [3.63, 3.8) is 0 Å². The zero-order valence-electron chi connectivity index (χ0n) is 21.5. The van der Waals surface area contributed by atoms with Crippen LogP contribution in [0.5, 0.6) is 0 Å². The summed E-state index contributed by atoms with van der Waals surface area (Å²) in [5.74, 6) is 0.0216. The van der Waals surface area contributed by atoms with Crippen LogP contribution < -0.4 is 5.32 Å². The number of likely N-dealkylation sites (tertiary alicyclic amines) is 1. The first-order valence-electron chi connectivity index (χ1n) is 13.0. The van der Waals surface area contributed by atoms with E-state index in [1.807, 2.05) is 40.1 Å². The molecule has 0 atom stereocenters. The summed E-state index contributed by atoms with van der Waals surface area (Å²) in [6.07, 6.45) is 1.76. The molecule has 0 aromatic heterocycles. The molecule has 188 valence electrons. The lowest BCUT2D eigenvalue weighted by atomic mass is 9.86. The van der Waals surface area contributed by atoms with Gasteiger partial charge in [0.1, 0.15) is 6.54 Å². The van der Waals surface area contributed by atoms with Gasteiger partial charge in [0.05, 0.1) is 0 Å². The lowest BCUT2D eigenvalue weighted by Gasteiger charge is -2.39. The Morgan fingerprint density at radius 1 is 0.914 bits per heavy atom. The quantitative estimate of drug-likeness (QED) is 0.693. The molecule has 0 aliphatic carbocycles. The normalized spacial score (nSPS) is 17.9. The van der Waals surface area contributed by atoms with Crippen molar-refractivity contribution in [2.75, 3.05) is 45.8 Å². The van der Waals surface area contributed by atoms with Gasteiger partial charge in [0.25, 0.3) is 5.91 Å². The molecular formula is C29H40N4O2. The summed E-state index contributed by atoms with van der Waals surface area (Å²) in [6, 6.07) is 18.5. The van der Waals surface area contributed by atoms with Gasteiger partial charge in [-0.1, -0.05) is 63.2 Å². The summed E-state index contributed by atoms with van der Waals surface area (Å²) in [6.45, 7) is 12.5. The molecule has 0 spiro atoms. The third-order valence-electron chi connectivity index (χ3n) is 7.28. The van der Waals surface area contributed by atoms with Crippen LogP contribution in [0.15, 0.2) is 54.6 Å². The molecule has 2 aliphatic heterocycles. The van der Waals surface area contributed by atoms with E-state index in [9.17, 15) is 9.59 Å². The predicted octanol–water partition coefficient (Wildman–Crippen LogP) is 3.52. The van der Waals surface area contributed by atoms with Gasteiger partial charge in [0, 0.05) is 57.4 Å². The van der Waals surface area contributed by atoms with Crippen LogP contribution in [-0.2, 0) is 16.8 Å². The molecule has 2 aliphatic rings. The van der Waals surface area contributed by atoms with Gasteiger partial charge >= 0.3 is 0 Å². The van der Waals surface area contributed by atoms with Crippen molar-refractivity contribution < 1.29 is 9.59 Å². The van der Waals surface area contributed by atoms with Crippen LogP contribution >= 0.6 is 0 Å². The highest BCUT2D eigenvalue weighted by atomic mass is 16.2. The Labute approximate surface area is 210 Å². The second-order valence-corrected chi connectivity index (χ2v) is 10.9. The molecule has 6 heteroatoms. The number of benzene rings is 2. The number of amides is 2. The molecule has 0 radical (unpaired) electrons. The number of rotatable bonds is 6. The van der Waals surface area contributed by atoms with Gasteiger partial charge in [0.2, 0.25) is 5.91 Å². The van der Waals surface area contributed by atoms with E-state index in [0.717, 1.165) is 45.6 Å². The number of carbonyl (C=O) groups excluding carboxylic acids is 2. The molecule has 2 saturated heterocycles. The van der Waals surface area contributed by atoms with Gasteiger partial charge in [-0.15, -0.1) is 0 Å². The highest BCUT2D eigenvalue weighted by molar-refractivity contribution is 5.96. The molecule has 4 rings (SSSR count). The molecule has 2 fully saturated rings. The number of hydrogen-bond donors (Lipinski definition) is 1. The number of piperidine rings is 1. The van der Waals surface area contributed by atoms with Crippen molar-refractivity contribution in [3.8, 4) is 0 Å². The maximum atomic E-state index is 13.7. The first-order chi connectivity index (χ1) is 16.8. The molecule has 35 heavy (non-hydrogen) atoms. The number of nitrogens with zero attached hydrogens (tertiary/aromatic N) is 3. The smallest absolute Gasteiger partial charge is 0.254 e. The van der Waals surface area contributed by atoms with Crippen molar-refractivity contribution >= 4 is 11.8 Å².